The van der Waals surface area contributed by atoms with Gasteiger partial charge in [-0.2, -0.15) is 13.2 Å². The van der Waals surface area contributed by atoms with E-state index in [2.05, 4.69) is 15.2 Å². The maximum atomic E-state index is 12.4. The number of rotatable bonds is 3. The zero-order valence-corrected chi connectivity index (χ0v) is 10.2. The Kier molecular flexibility index (Phi) is 3.70. The van der Waals surface area contributed by atoms with Gasteiger partial charge in [0.05, 0.1) is 0 Å². The van der Waals surface area contributed by atoms with Crippen LogP contribution in [-0.4, -0.2) is 36.1 Å². The molecule has 2 heterocycles. The van der Waals surface area contributed by atoms with Gasteiger partial charge >= 0.3 is 6.18 Å². The SMILES string of the molecule is CN(Cc1cnc(C(F)(F)F)s1)C1CCNC1. The third kappa shape index (κ3) is 3.17. The number of alkyl halides is 3. The average molecular weight is 265 g/mol. The minimum atomic E-state index is -4.32. The Morgan fingerprint density at radius 1 is 1.59 bits per heavy atom. The van der Waals surface area contributed by atoms with E-state index in [9.17, 15) is 13.2 Å². The maximum absolute atomic E-state index is 12.4. The molecule has 0 saturated carbocycles. The fourth-order valence-electron chi connectivity index (χ4n) is 1.90. The number of thiazole rings is 1. The molecule has 1 N–H and O–H groups in total. The smallest absolute Gasteiger partial charge is 0.315 e. The standard InChI is InChI=1S/C10H14F3N3S/c1-16(7-2-3-14-4-7)6-8-5-15-9(17-8)10(11,12)13/h5,7,14H,2-4,6H2,1H3. The molecule has 1 aromatic rings. The summed E-state index contributed by atoms with van der Waals surface area (Å²) >= 11 is 0.729. The summed E-state index contributed by atoms with van der Waals surface area (Å²) in [6.45, 7) is 2.41. The molecule has 2 rings (SSSR count). The van der Waals surface area contributed by atoms with Crippen molar-refractivity contribution in [2.45, 2.75) is 25.2 Å². The van der Waals surface area contributed by atoms with Crippen LogP contribution in [0.3, 0.4) is 0 Å². The number of halogens is 3. The molecule has 0 bridgehead atoms. The summed E-state index contributed by atoms with van der Waals surface area (Å²) in [4.78, 5) is 6.15. The van der Waals surface area contributed by atoms with Gasteiger partial charge in [-0.25, -0.2) is 4.98 Å². The molecular formula is C10H14F3N3S. The van der Waals surface area contributed by atoms with Crippen LogP contribution in [-0.2, 0) is 12.7 Å². The third-order valence-corrected chi connectivity index (χ3v) is 3.89. The van der Waals surface area contributed by atoms with Gasteiger partial charge in [-0.3, -0.25) is 4.90 Å². The lowest BCUT2D eigenvalue weighted by Gasteiger charge is -2.22. The number of aromatic nitrogens is 1. The molecule has 0 aliphatic carbocycles. The first kappa shape index (κ1) is 12.8. The van der Waals surface area contributed by atoms with E-state index in [4.69, 9.17) is 0 Å². The van der Waals surface area contributed by atoms with Crippen molar-refractivity contribution in [1.82, 2.24) is 15.2 Å². The highest BCUT2D eigenvalue weighted by atomic mass is 32.1. The van der Waals surface area contributed by atoms with Crippen LogP contribution in [0.25, 0.3) is 0 Å². The van der Waals surface area contributed by atoms with Gasteiger partial charge in [-0.15, -0.1) is 11.3 Å². The van der Waals surface area contributed by atoms with Crippen LogP contribution in [0.15, 0.2) is 6.20 Å². The van der Waals surface area contributed by atoms with Crippen LogP contribution in [0.1, 0.15) is 16.3 Å². The van der Waals surface area contributed by atoms with Crippen LogP contribution >= 0.6 is 11.3 Å². The van der Waals surface area contributed by atoms with Gasteiger partial charge < -0.3 is 5.32 Å². The molecule has 1 aliphatic heterocycles. The number of nitrogens with one attached hydrogen (secondary N) is 1. The van der Waals surface area contributed by atoms with Crippen molar-refractivity contribution in [2.24, 2.45) is 0 Å². The molecule has 3 nitrogen and oxygen atoms in total. The van der Waals surface area contributed by atoms with Gasteiger partial charge in [0.25, 0.3) is 0 Å². The zero-order valence-electron chi connectivity index (χ0n) is 9.42. The topological polar surface area (TPSA) is 28.2 Å². The summed E-state index contributed by atoms with van der Waals surface area (Å²) < 4.78 is 37.1. The van der Waals surface area contributed by atoms with Crippen LogP contribution in [0.5, 0.6) is 0 Å². The Morgan fingerprint density at radius 3 is 2.88 bits per heavy atom. The number of hydrogen-bond donors (Lipinski definition) is 1. The molecule has 96 valence electrons. The van der Waals surface area contributed by atoms with Crippen LogP contribution in [0, 0.1) is 0 Å². The first-order chi connectivity index (χ1) is 7.97. The predicted octanol–water partition coefficient (Wildman–Crippen LogP) is 1.96. The minimum Gasteiger partial charge on any atom is -0.315 e. The Hall–Kier alpha value is -0.660. The van der Waals surface area contributed by atoms with E-state index >= 15 is 0 Å². The molecule has 0 amide bonds. The molecule has 1 aliphatic rings. The lowest BCUT2D eigenvalue weighted by molar-refractivity contribution is -0.137. The number of hydrogen-bond acceptors (Lipinski definition) is 4. The van der Waals surface area contributed by atoms with Crippen LogP contribution in [0.2, 0.25) is 0 Å². The maximum Gasteiger partial charge on any atom is 0.443 e. The Balaban J connectivity index is 1.96. The summed E-state index contributed by atoms with van der Waals surface area (Å²) in [5.74, 6) is 0. The molecule has 1 unspecified atom stereocenters. The lowest BCUT2D eigenvalue weighted by atomic mass is 10.2. The van der Waals surface area contributed by atoms with E-state index in [1.165, 1.54) is 6.20 Å². The molecule has 1 aromatic heterocycles. The normalized spacial score (nSPS) is 21.4. The molecular weight excluding hydrogens is 251 g/mol. The van der Waals surface area contributed by atoms with E-state index in [-0.39, 0.29) is 0 Å². The molecule has 1 fully saturated rings. The van der Waals surface area contributed by atoms with Crippen molar-refractivity contribution in [1.29, 1.82) is 0 Å². The average Bonchev–Trinajstić information content (AvgIpc) is 2.85. The highest BCUT2D eigenvalue weighted by Gasteiger charge is 2.34. The third-order valence-electron chi connectivity index (χ3n) is 2.86. The second-order valence-electron chi connectivity index (χ2n) is 4.19. The molecule has 1 saturated heterocycles. The van der Waals surface area contributed by atoms with Gasteiger partial charge in [-0.05, 0) is 20.0 Å². The Morgan fingerprint density at radius 2 is 2.35 bits per heavy atom. The highest BCUT2D eigenvalue weighted by Crippen LogP contribution is 2.32. The molecule has 17 heavy (non-hydrogen) atoms. The fourth-order valence-corrected chi connectivity index (χ4v) is 2.75. The minimum absolute atomic E-state index is 0.409. The summed E-state index contributed by atoms with van der Waals surface area (Å²) in [5.41, 5.74) is 0. The van der Waals surface area contributed by atoms with E-state index in [0.717, 1.165) is 30.8 Å². The predicted molar refractivity (Wildman–Crippen MR) is 59.9 cm³/mol. The summed E-state index contributed by atoms with van der Waals surface area (Å²) in [6, 6.07) is 0.409. The lowest BCUT2D eigenvalue weighted by Crippen LogP contribution is -2.32. The van der Waals surface area contributed by atoms with Gasteiger partial charge in [0.2, 0.25) is 0 Å². The molecule has 7 heteroatoms. The van der Waals surface area contributed by atoms with Gasteiger partial charge in [0.15, 0.2) is 5.01 Å². The van der Waals surface area contributed by atoms with E-state index in [1.807, 2.05) is 7.05 Å². The summed E-state index contributed by atoms with van der Waals surface area (Å²) in [6.07, 6.45) is -1.95. The highest BCUT2D eigenvalue weighted by molar-refractivity contribution is 7.11. The number of nitrogens with zero attached hydrogens (tertiary/aromatic N) is 2. The summed E-state index contributed by atoms with van der Waals surface area (Å²) in [5, 5.41) is 2.48. The van der Waals surface area contributed by atoms with Gasteiger partial charge in [0.1, 0.15) is 0 Å². The van der Waals surface area contributed by atoms with E-state index in [1.54, 1.807) is 0 Å². The van der Waals surface area contributed by atoms with Crippen LogP contribution in [0.4, 0.5) is 13.2 Å². The zero-order chi connectivity index (χ0) is 12.5. The van der Waals surface area contributed by atoms with E-state index in [0.29, 0.717) is 17.5 Å². The Bertz CT molecular complexity index is 371. The van der Waals surface area contributed by atoms with Crippen molar-refractivity contribution in [3.8, 4) is 0 Å². The first-order valence-corrected chi connectivity index (χ1v) is 6.21. The van der Waals surface area contributed by atoms with Crippen molar-refractivity contribution in [2.75, 3.05) is 20.1 Å². The summed E-state index contributed by atoms with van der Waals surface area (Å²) in [7, 11) is 1.94. The molecule has 0 radical (unpaired) electrons. The largest absolute Gasteiger partial charge is 0.443 e. The fraction of sp³-hybridized carbons (Fsp3) is 0.700. The van der Waals surface area contributed by atoms with Crippen molar-refractivity contribution < 1.29 is 13.2 Å². The van der Waals surface area contributed by atoms with Crippen molar-refractivity contribution in [3.63, 3.8) is 0 Å². The van der Waals surface area contributed by atoms with Gasteiger partial charge in [-0.1, -0.05) is 0 Å². The van der Waals surface area contributed by atoms with Crippen molar-refractivity contribution in [3.05, 3.63) is 16.1 Å². The van der Waals surface area contributed by atoms with Crippen molar-refractivity contribution >= 4 is 11.3 Å². The molecule has 0 aromatic carbocycles. The number of likely N-dealkylation sites (N-methyl/N-ethyl adjacent to an activating group) is 1. The van der Waals surface area contributed by atoms with Gasteiger partial charge in [0, 0.05) is 30.2 Å². The quantitative estimate of drug-likeness (QED) is 0.905. The van der Waals surface area contributed by atoms with E-state index < -0.39 is 11.2 Å². The second kappa shape index (κ2) is 4.91. The first-order valence-electron chi connectivity index (χ1n) is 5.39. The Labute approximate surface area is 102 Å². The molecule has 0 spiro atoms. The second-order valence-corrected chi connectivity index (χ2v) is 5.31. The molecule has 1 atom stereocenters. The van der Waals surface area contributed by atoms with Crippen LogP contribution < -0.4 is 5.32 Å². The monoisotopic (exact) mass is 265 g/mol.